The Hall–Kier alpha value is -1.91. The number of aryl methyl sites for hydroxylation is 1. The monoisotopic (exact) mass is 271 g/mol. The third-order valence-electron chi connectivity index (χ3n) is 3.22. The van der Waals surface area contributed by atoms with Gasteiger partial charge in [-0.3, -0.25) is 0 Å². The third kappa shape index (κ3) is 2.20. The minimum absolute atomic E-state index is 0.348. The Balaban J connectivity index is 2.14. The molecule has 0 aliphatic rings. The number of oxazole rings is 1. The SMILES string of the molecule is Cc1cc2[nH]c(=S)oc2cc1C(O)c1ccccc1. The Bertz CT molecular complexity index is 774. The fraction of sp³-hybridized carbons (Fsp3) is 0.133. The van der Waals surface area contributed by atoms with E-state index in [1.807, 2.05) is 49.4 Å². The molecule has 0 amide bonds. The highest BCUT2D eigenvalue weighted by Gasteiger charge is 2.14. The quantitative estimate of drug-likeness (QED) is 0.695. The maximum absolute atomic E-state index is 10.5. The summed E-state index contributed by atoms with van der Waals surface area (Å²) in [5, 5.41) is 10.5. The van der Waals surface area contributed by atoms with Crippen molar-refractivity contribution < 1.29 is 9.52 Å². The highest BCUT2D eigenvalue weighted by atomic mass is 32.1. The number of rotatable bonds is 2. The van der Waals surface area contributed by atoms with Gasteiger partial charge in [-0.15, -0.1) is 0 Å². The molecule has 96 valence electrons. The Labute approximate surface area is 115 Å². The zero-order chi connectivity index (χ0) is 13.4. The van der Waals surface area contributed by atoms with Crippen molar-refractivity contribution in [1.29, 1.82) is 0 Å². The topological polar surface area (TPSA) is 49.2 Å². The van der Waals surface area contributed by atoms with Gasteiger partial charge in [0.05, 0.1) is 5.52 Å². The lowest BCUT2D eigenvalue weighted by atomic mass is 9.97. The molecule has 2 aromatic carbocycles. The number of hydrogen-bond acceptors (Lipinski definition) is 3. The maximum Gasteiger partial charge on any atom is 0.266 e. The first-order valence-corrected chi connectivity index (χ1v) is 6.42. The number of aromatic amines is 1. The zero-order valence-electron chi connectivity index (χ0n) is 10.4. The van der Waals surface area contributed by atoms with Crippen LogP contribution in [0, 0.1) is 11.8 Å². The molecule has 0 radical (unpaired) electrons. The van der Waals surface area contributed by atoms with E-state index in [2.05, 4.69) is 4.98 Å². The van der Waals surface area contributed by atoms with Crippen molar-refractivity contribution in [1.82, 2.24) is 4.98 Å². The summed E-state index contributed by atoms with van der Waals surface area (Å²) in [7, 11) is 0. The number of hydrogen-bond donors (Lipinski definition) is 2. The lowest BCUT2D eigenvalue weighted by Crippen LogP contribution is -2.01. The van der Waals surface area contributed by atoms with Crippen LogP contribution in [0.4, 0.5) is 0 Å². The first-order valence-electron chi connectivity index (χ1n) is 6.01. The summed E-state index contributed by atoms with van der Waals surface area (Å²) in [6, 6.07) is 13.3. The van der Waals surface area contributed by atoms with E-state index in [4.69, 9.17) is 16.6 Å². The van der Waals surface area contributed by atoms with Crippen LogP contribution in [-0.2, 0) is 0 Å². The number of aromatic nitrogens is 1. The molecule has 1 unspecified atom stereocenters. The molecule has 1 atom stereocenters. The largest absolute Gasteiger partial charge is 0.429 e. The number of nitrogens with one attached hydrogen (secondary N) is 1. The Kier molecular flexibility index (Phi) is 2.97. The van der Waals surface area contributed by atoms with E-state index in [-0.39, 0.29) is 0 Å². The first kappa shape index (κ1) is 12.1. The summed E-state index contributed by atoms with van der Waals surface area (Å²) in [6.07, 6.45) is -0.663. The van der Waals surface area contributed by atoms with Gasteiger partial charge in [0, 0.05) is 0 Å². The second kappa shape index (κ2) is 4.64. The molecule has 2 N–H and O–H groups in total. The molecule has 4 heteroatoms. The Morgan fingerprint density at radius 2 is 1.95 bits per heavy atom. The predicted octanol–water partition coefficient (Wildman–Crippen LogP) is 3.88. The highest BCUT2D eigenvalue weighted by molar-refractivity contribution is 7.71. The minimum atomic E-state index is -0.663. The van der Waals surface area contributed by atoms with Crippen molar-refractivity contribution in [2.24, 2.45) is 0 Å². The fourth-order valence-corrected chi connectivity index (χ4v) is 2.43. The molecule has 0 aliphatic heterocycles. The Morgan fingerprint density at radius 1 is 1.21 bits per heavy atom. The van der Waals surface area contributed by atoms with Crippen LogP contribution in [0.5, 0.6) is 0 Å². The molecule has 0 saturated heterocycles. The number of benzene rings is 2. The van der Waals surface area contributed by atoms with Crippen molar-refractivity contribution in [3.63, 3.8) is 0 Å². The Morgan fingerprint density at radius 3 is 2.68 bits per heavy atom. The van der Waals surface area contributed by atoms with Gasteiger partial charge >= 0.3 is 0 Å². The summed E-state index contributed by atoms with van der Waals surface area (Å²) in [5.74, 6) is 0. The van der Waals surface area contributed by atoms with Crippen molar-refractivity contribution in [3.05, 3.63) is 64.0 Å². The standard InChI is InChI=1S/C15H13NO2S/c1-9-7-12-13(18-15(19)16-12)8-11(9)14(17)10-5-3-2-4-6-10/h2-8,14,17H,1H3,(H,16,19). The molecular weight excluding hydrogens is 258 g/mol. The van der Waals surface area contributed by atoms with Crippen molar-refractivity contribution in [3.8, 4) is 0 Å². The van der Waals surface area contributed by atoms with E-state index in [0.29, 0.717) is 10.4 Å². The number of H-pyrrole nitrogens is 1. The molecule has 0 bridgehead atoms. The average Bonchev–Trinajstić information content (AvgIpc) is 2.77. The lowest BCUT2D eigenvalue weighted by Gasteiger charge is -2.13. The predicted molar refractivity (Wildman–Crippen MR) is 76.6 cm³/mol. The van der Waals surface area contributed by atoms with Crippen LogP contribution in [0.15, 0.2) is 46.9 Å². The lowest BCUT2D eigenvalue weighted by molar-refractivity contribution is 0.219. The molecule has 1 heterocycles. The van der Waals surface area contributed by atoms with E-state index < -0.39 is 6.10 Å². The maximum atomic E-state index is 10.5. The summed E-state index contributed by atoms with van der Waals surface area (Å²) < 4.78 is 5.40. The van der Waals surface area contributed by atoms with Gasteiger partial charge in [-0.2, -0.15) is 0 Å². The third-order valence-corrected chi connectivity index (χ3v) is 3.40. The van der Waals surface area contributed by atoms with Crippen molar-refractivity contribution in [2.45, 2.75) is 13.0 Å². The summed E-state index contributed by atoms with van der Waals surface area (Å²) in [6.45, 7) is 1.96. The highest BCUT2D eigenvalue weighted by Crippen LogP contribution is 2.28. The van der Waals surface area contributed by atoms with Gasteiger partial charge in [-0.25, -0.2) is 0 Å². The van der Waals surface area contributed by atoms with Gasteiger partial charge in [0.2, 0.25) is 0 Å². The van der Waals surface area contributed by atoms with Gasteiger partial charge in [-0.1, -0.05) is 30.3 Å². The molecule has 0 aliphatic carbocycles. The van der Waals surface area contributed by atoms with Gasteiger partial charge in [0.25, 0.3) is 4.84 Å². The summed E-state index contributed by atoms with van der Waals surface area (Å²) in [4.78, 5) is 3.32. The normalized spacial score (nSPS) is 12.7. The molecule has 3 nitrogen and oxygen atoms in total. The van der Waals surface area contributed by atoms with E-state index in [1.54, 1.807) is 0 Å². The summed E-state index contributed by atoms with van der Waals surface area (Å²) in [5.41, 5.74) is 4.21. The van der Waals surface area contributed by atoms with Gasteiger partial charge < -0.3 is 14.5 Å². The van der Waals surface area contributed by atoms with Crippen LogP contribution >= 0.6 is 12.2 Å². The van der Waals surface area contributed by atoms with Gasteiger partial charge in [0.15, 0.2) is 5.58 Å². The number of aliphatic hydroxyl groups excluding tert-OH is 1. The minimum Gasteiger partial charge on any atom is -0.429 e. The van der Waals surface area contributed by atoms with Crippen LogP contribution in [0.3, 0.4) is 0 Å². The number of aliphatic hydroxyl groups is 1. The summed E-state index contributed by atoms with van der Waals surface area (Å²) >= 11 is 4.97. The fourth-order valence-electron chi connectivity index (χ4n) is 2.23. The van der Waals surface area contributed by atoms with Crippen molar-refractivity contribution >= 4 is 23.3 Å². The first-order chi connectivity index (χ1) is 9.15. The molecule has 0 spiro atoms. The molecular formula is C15H13NO2S. The van der Waals surface area contributed by atoms with Crippen LogP contribution < -0.4 is 0 Å². The van der Waals surface area contributed by atoms with Gasteiger partial charge in [-0.05, 0) is 48.0 Å². The van der Waals surface area contributed by atoms with E-state index in [0.717, 1.165) is 22.2 Å². The smallest absolute Gasteiger partial charge is 0.266 e. The van der Waals surface area contributed by atoms with Crippen LogP contribution in [-0.4, -0.2) is 10.1 Å². The van der Waals surface area contributed by atoms with E-state index in [1.165, 1.54) is 0 Å². The second-order valence-electron chi connectivity index (χ2n) is 4.53. The molecule has 3 aromatic rings. The van der Waals surface area contributed by atoms with Crippen LogP contribution in [0.25, 0.3) is 11.1 Å². The van der Waals surface area contributed by atoms with Crippen molar-refractivity contribution in [2.75, 3.05) is 0 Å². The molecule has 19 heavy (non-hydrogen) atoms. The number of fused-ring (bicyclic) bond motifs is 1. The van der Waals surface area contributed by atoms with Crippen LogP contribution in [0.2, 0.25) is 0 Å². The molecule has 0 fully saturated rings. The van der Waals surface area contributed by atoms with E-state index >= 15 is 0 Å². The molecule has 3 rings (SSSR count). The molecule has 0 saturated carbocycles. The van der Waals surface area contributed by atoms with Gasteiger partial charge in [0.1, 0.15) is 6.10 Å². The van der Waals surface area contributed by atoms with Crippen LogP contribution in [0.1, 0.15) is 22.8 Å². The molecule has 1 aromatic heterocycles. The average molecular weight is 271 g/mol. The van der Waals surface area contributed by atoms with E-state index in [9.17, 15) is 5.11 Å². The zero-order valence-corrected chi connectivity index (χ0v) is 11.2. The second-order valence-corrected chi connectivity index (χ2v) is 4.90.